The third kappa shape index (κ3) is 5.88. The molecule has 0 saturated carbocycles. The number of amides is 2. The lowest BCUT2D eigenvalue weighted by Gasteiger charge is -2.26. The van der Waals surface area contributed by atoms with Gasteiger partial charge in [-0.3, -0.25) is 19.9 Å². The van der Waals surface area contributed by atoms with Crippen LogP contribution < -0.4 is 5.32 Å². The molecule has 1 saturated heterocycles. The number of pyridine rings is 1. The lowest BCUT2D eigenvalue weighted by molar-refractivity contribution is -0.126. The topological polar surface area (TPSA) is 92.6 Å². The molecule has 1 N–H and O–H groups in total. The maximum Gasteiger partial charge on any atom is 0.258 e. The van der Waals surface area contributed by atoms with Gasteiger partial charge in [-0.2, -0.15) is 0 Å². The summed E-state index contributed by atoms with van der Waals surface area (Å²) in [5.74, 6) is 1.28. The molecule has 1 atom stereocenters. The van der Waals surface area contributed by atoms with Gasteiger partial charge in [0, 0.05) is 56.3 Å². The van der Waals surface area contributed by atoms with E-state index in [0.717, 1.165) is 78.9 Å². The molecule has 0 unspecified atom stereocenters. The minimum Gasteiger partial charge on any atom is -0.500 e. The number of carbonyl (C=O) groups excluding carboxylic acids is 2. The number of aryl methyl sites for hydroxylation is 2. The number of nitrogens with zero attached hydrogens (tertiary/aromatic N) is 5. The van der Waals surface area contributed by atoms with Gasteiger partial charge in [0.1, 0.15) is 5.76 Å². The number of fused-ring (bicyclic) bond motifs is 1. The number of carbonyl (C=O) groups is 2. The Kier molecular flexibility index (Phi) is 8.19. The molecule has 2 aliphatic rings. The largest absolute Gasteiger partial charge is 0.500 e. The number of benzene rings is 1. The molecule has 2 amide bonds. The Labute approximate surface area is 235 Å². The van der Waals surface area contributed by atoms with Crippen LogP contribution in [0.3, 0.4) is 0 Å². The second-order valence-electron chi connectivity index (χ2n) is 10.7. The molecule has 0 radical (unpaired) electrons. The highest BCUT2D eigenvalue weighted by atomic mass is 16.5. The van der Waals surface area contributed by atoms with E-state index in [1.165, 1.54) is 0 Å². The molecular formula is C31H38N6O3. The van der Waals surface area contributed by atoms with Crippen LogP contribution in [0.1, 0.15) is 65.8 Å². The standard InChI is InChI=1S/C31H38N6O3/c1-5-8-28(38)36-13-7-6-9-25(19-36)37-29-21(2)15-23(18-35-14-11-26(20-35)40-4)17-27(29)33-31(37)34-30(39)24-10-12-32-22(3)16-24/h5,8,10,12,15-17,20,25H,6-7,9,11,13-14,18-19H2,1-4H3,(H,33,34,39)/b8-5+/t25-/m1/s1. The summed E-state index contributed by atoms with van der Waals surface area (Å²) < 4.78 is 7.57. The van der Waals surface area contributed by atoms with E-state index in [2.05, 4.69) is 45.0 Å². The maximum absolute atomic E-state index is 13.4. The summed E-state index contributed by atoms with van der Waals surface area (Å²) in [6.45, 7) is 8.78. The fourth-order valence-corrected chi connectivity index (χ4v) is 5.78. The van der Waals surface area contributed by atoms with Crippen molar-refractivity contribution < 1.29 is 14.3 Å². The van der Waals surface area contributed by atoms with E-state index in [1.54, 1.807) is 37.6 Å². The van der Waals surface area contributed by atoms with Crippen LogP contribution in [0.25, 0.3) is 11.0 Å². The van der Waals surface area contributed by atoms with Gasteiger partial charge in [0.05, 0.1) is 24.2 Å². The Morgan fingerprint density at radius 3 is 2.77 bits per heavy atom. The summed E-state index contributed by atoms with van der Waals surface area (Å²) in [5.41, 5.74) is 5.37. The van der Waals surface area contributed by atoms with Crippen molar-refractivity contribution >= 4 is 28.8 Å². The molecule has 2 aromatic heterocycles. The summed E-state index contributed by atoms with van der Waals surface area (Å²) in [4.78, 5) is 39.6. The number of ether oxygens (including phenoxy) is 1. The molecule has 0 bridgehead atoms. The molecular weight excluding hydrogens is 504 g/mol. The number of methoxy groups -OCH3 is 1. The minimum atomic E-state index is -0.232. The molecule has 0 aliphatic carbocycles. The van der Waals surface area contributed by atoms with Crippen molar-refractivity contribution in [3.8, 4) is 0 Å². The van der Waals surface area contributed by atoms with Gasteiger partial charge < -0.3 is 19.1 Å². The van der Waals surface area contributed by atoms with Crippen molar-refractivity contribution in [3.63, 3.8) is 0 Å². The first-order chi connectivity index (χ1) is 19.4. The van der Waals surface area contributed by atoms with Gasteiger partial charge in [-0.1, -0.05) is 12.1 Å². The fourth-order valence-electron chi connectivity index (χ4n) is 5.78. The molecule has 5 rings (SSSR count). The third-order valence-corrected chi connectivity index (χ3v) is 7.67. The van der Waals surface area contributed by atoms with Crippen molar-refractivity contribution in [2.45, 2.75) is 59.0 Å². The first-order valence-electron chi connectivity index (χ1n) is 14.0. The number of nitrogens with one attached hydrogen (secondary N) is 1. The number of hydrogen-bond donors (Lipinski definition) is 1. The van der Waals surface area contributed by atoms with E-state index in [0.29, 0.717) is 18.1 Å². The lowest BCUT2D eigenvalue weighted by Crippen LogP contribution is -2.34. The molecule has 4 heterocycles. The Bertz CT molecular complexity index is 1470. The molecule has 40 heavy (non-hydrogen) atoms. The van der Waals surface area contributed by atoms with E-state index in [9.17, 15) is 9.59 Å². The summed E-state index contributed by atoms with van der Waals surface area (Å²) in [5, 5.41) is 3.09. The Morgan fingerprint density at radius 1 is 1.18 bits per heavy atom. The van der Waals surface area contributed by atoms with Gasteiger partial charge in [0.2, 0.25) is 11.9 Å². The normalized spacial score (nSPS) is 17.8. The average molecular weight is 543 g/mol. The zero-order chi connectivity index (χ0) is 28.2. The number of likely N-dealkylation sites (tertiary alicyclic amines) is 1. The highest BCUT2D eigenvalue weighted by molar-refractivity contribution is 6.04. The van der Waals surface area contributed by atoms with Gasteiger partial charge in [0.15, 0.2) is 0 Å². The van der Waals surface area contributed by atoms with Crippen molar-refractivity contribution in [3.05, 3.63) is 77.0 Å². The molecule has 1 aromatic carbocycles. The van der Waals surface area contributed by atoms with Crippen molar-refractivity contribution in [2.24, 2.45) is 0 Å². The fraction of sp³-hybridized carbons (Fsp3) is 0.419. The number of aromatic nitrogens is 3. The predicted octanol–water partition coefficient (Wildman–Crippen LogP) is 5.12. The molecule has 1 fully saturated rings. The molecule has 2 aliphatic heterocycles. The molecule has 210 valence electrons. The van der Waals surface area contributed by atoms with Gasteiger partial charge in [-0.15, -0.1) is 0 Å². The van der Waals surface area contributed by atoms with Crippen molar-refractivity contribution in [2.75, 3.05) is 32.1 Å². The Balaban J connectivity index is 1.55. The van der Waals surface area contributed by atoms with Crippen LogP contribution in [-0.4, -0.2) is 62.9 Å². The van der Waals surface area contributed by atoms with Crippen LogP contribution in [0.15, 0.2) is 54.6 Å². The second-order valence-corrected chi connectivity index (χ2v) is 10.7. The number of hydrogen-bond acceptors (Lipinski definition) is 6. The molecule has 9 nitrogen and oxygen atoms in total. The van der Waals surface area contributed by atoms with Crippen LogP contribution in [0.4, 0.5) is 5.95 Å². The highest BCUT2D eigenvalue weighted by Crippen LogP contribution is 2.33. The molecule has 0 spiro atoms. The average Bonchev–Trinajstić information content (AvgIpc) is 3.44. The second kappa shape index (κ2) is 11.9. The van der Waals surface area contributed by atoms with Gasteiger partial charge in [-0.05, 0) is 75.4 Å². The van der Waals surface area contributed by atoms with Crippen molar-refractivity contribution in [1.29, 1.82) is 0 Å². The van der Waals surface area contributed by atoms with Gasteiger partial charge in [-0.25, -0.2) is 4.98 Å². The van der Waals surface area contributed by atoms with Crippen LogP contribution in [0.2, 0.25) is 0 Å². The zero-order valence-electron chi connectivity index (χ0n) is 23.8. The van der Waals surface area contributed by atoms with Crippen LogP contribution in [0.5, 0.6) is 0 Å². The van der Waals surface area contributed by atoms with Gasteiger partial charge >= 0.3 is 0 Å². The number of imidazole rings is 1. The summed E-state index contributed by atoms with van der Waals surface area (Å²) in [6, 6.07) is 7.78. The number of rotatable bonds is 7. The maximum atomic E-state index is 13.4. The minimum absolute atomic E-state index is 0.0183. The number of anilines is 1. The SMILES string of the molecule is C/C=C/C(=O)N1CCCC[C@@H](n2c(NC(=O)c3ccnc(C)c3)nc3cc(CN4C=C(OC)CC4)cc(C)c32)C1. The van der Waals surface area contributed by atoms with E-state index < -0.39 is 0 Å². The first kappa shape index (κ1) is 27.4. The predicted molar refractivity (Wildman–Crippen MR) is 156 cm³/mol. The zero-order valence-corrected chi connectivity index (χ0v) is 23.8. The molecule has 3 aromatic rings. The Hall–Kier alpha value is -4.14. The Morgan fingerprint density at radius 2 is 2.02 bits per heavy atom. The molecule has 9 heteroatoms. The first-order valence-corrected chi connectivity index (χ1v) is 14.0. The quantitative estimate of drug-likeness (QED) is 0.417. The smallest absolute Gasteiger partial charge is 0.258 e. The van der Waals surface area contributed by atoms with Crippen LogP contribution >= 0.6 is 0 Å². The van der Waals surface area contributed by atoms with Crippen LogP contribution in [0, 0.1) is 13.8 Å². The number of allylic oxidation sites excluding steroid dienone is 1. The summed E-state index contributed by atoms with van der Waals surface area (Å²) in [6.07, 6.45) is 10.9. The van der Waals surface area contributed by atoms with Crippen molar-refractivity contribution in [1.82, 2.24) is 24.3 Å². The van der Waals surface area contributed by atoms with Gasteiger partial charge in [0.25, 0.3) is 5.91 Å². The van der Waals surface area contributed by atoms with E-state index in [1.807, 2.05) is 18.7 Å². The lowest BCUT2D eigenvalue weighted by atomic mass is 10.1. The van der Waals surface area contributed by atoms with E-state index >= 15 is 0 Å². The van der Waals surface area contributed by atoms with E-state index in [-0.39, 0.29) is 17.9 Å². The highest BCUT2D eigenvalue weighted by Gasteiger charge is 2.28. The summed E-state index contributed by atoms with van der Waals surface area (Å²) >= 11 is 0. The monoisotopic (exact) mass is 542 g/mol. The van der Waals surface area contributed by atoms with Crippen LogP contribution in [-0.2, 0) is 16.1 Å². The summed E-state index contributed by atoms with van der Waals surface area (Å²) in [7, 11) is 1.71. The van der Waals surface area contributed by atoms with E-state index in [4.69, 9.17) is 9.72 Å². The third-order valence-electron chi connectivity index (χ3n) is 7.67.